The van der Waals surface area contributed by atoms with Crippen LogP contribution in [-0.4, -0.2) is 41.5 Å². The van der Waals surface area contributed by atoms with Gasteiger partial charge in [-0.1, -0.05) is 6.07 Å². The Morgan fingerprint density at radius 2 is 2.43 bits per heavy atom. The Morgan fingerprint density at radius 3 is 3.17 bits per heavy atom. The van der Waals surface area contributed by atoms with Crippen molar-refractivity contribution in [3.8, 4) is 6.07 Å². The Hall–Kier alpha value is -1.74. The number of thiophene rings is 1. The van der Waals surface area contributed by atoms with Crippen molar-refractivity contribution in [1.82, 2.24) is 14.8 Å². The Labute approximate surface area is 142 Å². The number of nitrogens with zero attached hydrogens (tertiary/aromatic N) is 4. The Kier molecular flexibility index (Phi) is 5.39. The summed E-state index contributed by atoms with van der Waals surface area (Å²) >= 11 is 1.70. The molecule has 0 spiro atoms. The summed E-state index contributed by atoms with van der Waals surface area (Å²) in [5.74, 6) is 0.729. The first kappa shape index (κ1) is 16.1. The molecule has 120 valence electrons. The van der Waals surface area contributed by atoms with Gasteiger partial charge < -0.3 is 4.90 Å². The lowest BCUT2D eigenvalue weighted by atomic mass is 10.1. The lowest BCUT2D eigenvalue weighted by molar-refractivity contribution is 0.255. The number of nitriles is 1. The number of likely N-dealkylation sites (tertiary alicyclic amines) is 1. The largest absolute Gasteiger partial charge is 0.302 e. The summed E-state index contributed by atoms with van der Waals surface area (Å²) in [6.07, 6.45) is 5.02. The van der Waals surface area contributed by atoms with Gasteiger partial charge in [0.15, 0.2) is 0 Å². The van der Waals surface area contributed by atoms with Gasteiger partial charge in [-0.3, -0.25) is 9.88 Å². The van der Waals surface area contributed by atoms with Crippen LogP contribution in [0.25, 0.3) is 0 Å². The second-order valence-electron chi connectivity index (χ2n) is 6.36. The topological polar surface area (TPSA) is 43.2 Å². The maximum Gasteiger partial charge on any atom is 0.100 e. The maximum atomic E-state index is 8.91. The Balaban J connectivity index is 1.45. The smallest absolute Gasteiger partial charge is 0.100 e. The van der Waals surface area contributed by atoms with Crippen LogP contribution >= 0.6 is 11.3 Å². The summed E-state index contributed by atoms with van der Waals surface area (Å²) in [6, 6.07) is 8.36. The predicted octanol–water partition coefficient (Wildman–Crippen LogP) is 2.97. The van der Waals surface area contributed by atoms with E-state index < -0.39 is 0 Å². The van der Waals surface area contributed by atoms with Crippen molar-refractivity contribution in [2.75, 3.05) is 26.7 Å². The molecule has 3 heterocycles. The third kappa shape index (κ3) is 4.61. The second-order valence-corrected chi connectivity index (χ2v) is 7.36. The zero-order valence-corrected chi connectivity index (χ0v) is 14.3. The normalized spacial score (nSPS) is 18.4. The first-order chi connectivity index (χ1) is 11.2. The molecule has 3 rings (SSSR count). The summed E-state index contributed by atoms with van der Waals surface area (Å²) in [6.45, 7) is 5.37. The molecule has 0 radical (unpaired) electrons. The number of hydrogen-bond donors (Lipinski definition) is 0. The fourth-order valence-corrected chi connectivity index (χ4v) is 4.11. The van der Waals surface area contributed by atoms with Gasteiger partial charge >= 0.3 is 0 Å². The molecule has 0 aliphatic carbocycles. The van der Waals surface area contributed by atoms with Gasteiger partial charge in [0.25, 0.3) is 0 Å². The summed E-state index contributed by atoms with van der Waals surface area (Å²) < 4.78 is 0. The zero-order chi connectivity index (χ0) is 16.1. The molecule has 2 aromatic rings. The lowest BCUT2D eigenvalue weighted by Gasteiger charge is -2.21. The van der Waals surface area contributed by atoms with Gasteiger partial charge in [-0.15, -0.1) is 11.3 Å². The first-order valence-corrected chi connectivity index (χ1v) is 8.88. The van der Waals surface area contributed by atoms with Crippen molar-refractivity contribution in [2.45, 2.75) is 19.5 Å². The maximum absolute atomic E-state index is 8.91. The van der Waals surface area contributed by atoms with Gasteiger partial charge in [0.05, 0.1) is 5.56 Å². The van der Waals surface area contributed by atoms with Crippen molar-refractivity contribution in [2.24, 2.45) is 5.92 Å². The quantitative estimate of drug-likeness (QED) is 0.818. The van der Waals surface area contributed by atoms with Crippen LogP contribution in [0.3, 0.4) is 0 Å². The molecule has 0 aromatic carbocycles. The van der Waals surface area contributed by atoms with Crippen LogP contribution in [0.15, 0.2) is 36.0 Å². The van der Waals surface area contributed by atoms with E-state index in [4.69, 9.17) is 5.26 Å². The zero-order valence-electron chi connectivity index (χ0n) is 13.5. The van der Waals surface area contributed by atoms with E-state index in [1.165, 1.54) is 16.9 Å². The summed E-state index contributed by atoms with van der Waals surface area (Å²) in [7, 11) is 2.19. The van der Waals surface area contributed by atoms with E-state index in [1.54, 1.807) is 11.3 Å². The van der Waals surface area contributed by atoms with E-state index in [0.717, 1.165) is 44.2 Å². The minimum Gasteiger partial charge on any atom is -0.302 e. The molecule has 0 saturated carbocycles. The molecular weight excluding hydrogens is 304 g/mol. The summed E-state index contributed by atoms with van der Waals surface area (Å²) in [5, 5.41) is 10.9. The van der Waals surface area contributed by atoms with Gasteiger partial charge in [-0.2, -0.15) is 5.26 Å². The van der Waals surface area contributed by atoms with Gasteiger partial charge in [-0.25, -0.2) is 0 Å². The lowest BCUT2D eigenvalue weighted by Crippen LogP contribution is -2.27. The first-order valence-electron chi connectivity index (χ1n) is 8.00. The van der Waals surface area contributed by atoms with Gasteiger partial charge in [0.1, 0.15) is 6.07 Å². The van der Waals surface area contributed by atoms with Crippen LogP contribution in [0.4, 0.5) is 0 Å². The average Bonchev–Trinajstić information content (AvgIpc) is 3.18. The molecule has 1 aliphatic heterocycles. The highest BCUT2D eigenvalue weighted by Gasteiger charge is 2.23. The highest BCUT2D eigenvalue weighted by atomic mass is 32.1. The van der Waals surface area contributed by atoms with Crippen molar-refractivity contribution in [1.29, 1.82) is 5.26 Å². The van der Waals surface area contributed by atoms with Gasteiger partial charge in [0, 0.05) is 48.8 Å². The van der Waals surface area contributed by atoms with E-state index in [1.807, 2.05) is 29.9 Å². The van der Waals surface area contributed by atoms with Crippen LogP contribution in [-0.2, 0) is 13.1 Å². The average molecular weight is 326 g/mol. The molecule has 2 aromatic heterocycles. The molecule has 4 nitrogen and oxygen atoms in total. The van der Waals surface area contributed by atoms with Gasteiger partial charge in [-0.05, 0) is 43.6 Å². The van der Waals surface area contributed by atoms with Crippen molar-refractivity contribution in [3.05, 3.63) is 52.0 Å². The molecule has 1 aliphatic rings. The Bertz CT molecular complexity index is 661. The highest BCUT2D eigenvalue weighted by Crippen LogP contribution is 2.22. The molecule has 0 amide bonds. The molecule has 0 N–H and O–H groups in total. The fraction of sp³-hybridized carbons (Fsp3) is 0.444. The van der Waals surface area contributed by atoms with Crippen molar-refractivity contribution >= 4 is 11.3 Å². The summed E-state index contributed by atoms with van der Waals surface area (Å²) in [4.78, 5) is 10.4. The van der Waals surface area contributed by atoms with E-state index in [2.05, 4.69) is 34.0 Å². The molecule has 1 saturated heterocycles. The molecule has 0 unspecified atom stereocenters. The second kappa shape index (κ2) is 7.69. The minimum absolute atomic E-state index is 0.729. The molecule has 1 atom stereocenters. The fourth-order valence-electron chi connectivity index (χ4n) is 3.26. The molecular formula is C18H22N4S. The predicted molar refractivity (Wildman–Crippen MR) is 93.0 cm³/mol. The van der Waals surface area contributed by atoms with Crippen LogP contribution in [0.2, 0.25) is 0 Å². The van der Waals surface area contributed by atoms with Crippen LogP contribution < -0.4 is 0 Å². The Morgan fingerprint density at radius 1 is 1.52 bits per heavy atom. The number of pyridine rings is 1. The third-order valence-corrected chi connectivity index (χ3v) is 5.20. The number of aromatic nitrogens is 1. The monoisotopic (exact) mass is 326 g/mol. The van der Waals surface area contributed by atoms with E-state index >= 15 is 0 Å². The standard InChI is InChI=1S/C18H22N4S/c1-21(10-15-3-2-5-20-9-15)11-16-4-6-22(12-16)13-18-7-17(8-19)14-23-18/h2-3,5,7,9,14,16H,4,6,10-13H2,1H3/t16-/m1/s1. The minimum atomic E-state index is 0.729. The summed E-state index contributed by atoms with van der Waals surface area (Å²) in [5.41, 5.74) is 2.06. The van der Waals surface area contributed by atoms with E-state index in [-0.39, 0.29) is 0 Å². The van der Waals surface area contributed by atoms with Gasteiger partial charge in [0.2, 0.25) is 0 Å². The van der Waals surface area contributed by atoms with Crippen LogP contribution in [0, 0.1) is 17.2 Å². The van der Waals surface area contributed by atoms with E-state index in [9.17, 15) is 0 Å². The molecule has 0 bridgehead atoms. The third-order valence-electron chi connectivity index (χ3n) is 4.28. The number of hydrogen-bond acceptors (Lipinski definition) is 5. The molecule has 5 heteroatoms. The molecule has 1 fully saturated rings. The van der Waals surface area contributed by atoms with E-state index in [0.29, 0.717) is 0 Å². The molecule has 23 heavy (non-hydrogen) atoms. The van der Waals surface area contributed by atoms with Crippen molar-refractivity contribution < 1.29 is 0 Å². The highest BCUT2D eigenvalue weighted by molar-refractivity contribution is 7.10. The van der Waals surface area contributed by atoms with Crippen LogP contribution in [0.5, 0.6) is 0 Å². The number of rotatable bonds is 6. The van der Waals surface area contributed by atoms with Crippen LogP contribution in [0.1, 0.15) is 22.4 Å². The van der Waals surface area contributed by atoms with Crippen molar-refractivity contribution in [3.63, 3.8) is 0 Å². The SMILES string of the molecule is CN(Cc1cccnc1)C[C@H]1CCN(Cc2cc(C#N)cs2)C1.